The van der Waals surface area contributed by atoms with Crippen LogP contribution in [0.5, 0.6) is 0 Å². The summed E-state index contributed by atoms with van der Waals surface area (Å²) in [4.78, 5) is 13.8. The van der Waals surface area contributed by atoms with E-state index in [-0.39, 0.29) is 11.4 Å². The quantitative estimate of drug-likeness (QED) is 0.577. The lowest BCUT2D eigenvalue weighted by Gasteiger charge is -2.26. The third-order valence-corrected chi connectivity index (χ3v) is 7.19. The number of carbonyl (C=O) groups excluding carboxylic acids is 1. The molecule has 0 aliphatic carbocycles. The van der Waals surface area contributed by atoms with Crippen molar-refractivity contribution < 1.29 is 17.9 Å². The fourth-order valence-corrected chi connectivity index (χ4v) is 5.02. The van der Waals surface area contributed by atoms with E-state index in [0.29, 0.717) is 48.4 Å². The first-order valence-electron chi connectivity index (χ1n) is 9.85. The van der Waals surface area contributed by atoms with Gasteiger partial charge in [-0.05, 0) is 54.1 Å². The molecule has 4 rings (SSSR count). The van der Waals surface area contributed by atoms with Crippen molar-refractivity contribution in [1.82, 2.24) is 24.5 Å². The second-order valence-electron chi connectivity index (χ2n) is 7.20. The van der Waals surface area contributed by atoms with E-state index in [4.69, 9.17) is 16.3 Å². The summed E-state index contributed by atoms with van der Waals surface area (Å²) >= 11 is 5.88. The van der Waals surface area contributed by atoms with Crippen molar-refractivity contribution in [2.45, 2.75) is 18.4 Å². The minimum Gasteiger partial charge on any atom is -0.379 e. The van der Waals surface area contributed by atoms with Crippen molar-refractivity contribution in [1.29, 1.82) is 0 Å². The van der Waals surface area contributed by atoms with Crippen molar-refractivity contribution in [3.63, 3.8) is 0 Å². The zero-order chi connectivity index (χ0) is 22.7. The second kappa shape index (κ2) is 9.33. The van der Waals surface area contributed by atoms with Crippen LogP contribution in [0.4, 0.5) is 5.69 Å². The number of amides is 1. The lowest BCUT2D eigenvalue weighted by molar-refractivity contribution is -0.117. The molecule has 10 nitrogen and oxygen atoms in total. The van der Waals surface area contributed by atoms with Gasteiger partial charge in [-0.1, -0.05) is 17.7 Å². The molecule has 168 valence electrons. The van der Waals surface area contributed by atoms with Crippen LogP contribution in [0, 0.1) is 6.92 Å². The summed E-state index contributed by atoms with van der Waals surface area (Å²) in [7, 11) is -3.69. The Kier molecular flexibility index (Phi) is 6.51. The van der Waals surface area contributed by atoms with Crippen LogP contribution in [0.1, 0.15) is 5.56 Å². The van der Waals surface area contributed by atoms with Crippen LogP contribution in [0.15, 0.2) is 47.4 Å². The van der Waals surface area contributed by atoms with Crippen LogP contribution in [-0.2, 0) is 26.1 Å². The zero-order valence-electron chi connectivity index (χ0n) is 17.2. The van der Waals surface area contributed by atoms with E-state index in [1.807, 2.05) is 0 Å². The number of carbonyl (C=O) groups is 1. The molecular formula is C20H21ClN6O4S. The maximum absolute atomic E-state index is 13.0. The number of hydrogen-bond donors (Lipinski definition) is 1. The minimum absolute atomic E-state index is 0.154. The first kappa shape index (κ1) is 22.3. The Balaban J connectivity index is 1.46. The fraction of sp³-hybridized carbons (Fsp3) is 0.300. The summed E-state index contributed by atoms with van der Waals surface area (Å²) in [6, 6.07) is 11.7. The molecule has 1 amide bonds. The molecule has 0 radical (unpaired) electrons. The normalized spacial score (nSPS) is 14.9. The van der Waals surface area contributed by atoms with Crippen LogP contribution in [0.25, 0.3) is 11.4 Å². The number of tetrazole rings is 1. The third kappa shape index (κ3) is 4.96. The number of anilines is 1. The molecule has 0 spiro atoms. The summed E-state index contributed by atoms with van der Waals surface area (Å²) in [5, 5.41) is 15.3. The summed E-state index contributed by atoms with van der Waals surface area (Å²) in [5.41, 5.74) is 1.68. The number of hydrogen-bond acceptors (Lipinski definition) is 7. The standard InChI is InChI=1S/C20H21ClN6O4S/c1-14-2-7-17(12-18(14)32(29,30)26-8-10-31-11-9-26)22-19(28)13-27-24-20(23-25-27)15-3-5-16(21)6-4-15/h2-7,12H,8-11,13H2,1H3,(H,22,28). The number of morpholine rings is 1. The molecule has 1 N–H and O–H groups in total. The average molecular weight is 477 g/mol. The monoisotopic (exact) mass is 476 g/mol. The Morgan fingerprint density at radius 3 is 2.59 bits per heavy atom. The van der Waals surface area contributed by atoms with Crippen LogP contribution in [-0.4, -0.2) is 65.1 Å². The van der Waals surface area contributed by atoms with Crippen molar-refractivity contribution in [2.24, 2.45) is 0 Å². The van der Waals surface area contributed by atoms with Gasteiger partial charge in [0.05, 0.1) is 18.1 Å². The van der Waals surface area contributed by atoms with Crippen molar-refractivity contribution >= 4 is 33.2 Å². The number of nitrogens with zero attached hydrogens (tertiary/aromatic N) is 5. The third-order valence-electron chi connectivity index (χ3n) is 4.90. The van der Waals surface area contributed by atoms with Gasteiger partial charge in [0.1, 0.15) is 6.54 Å². The van der Waals surface area contributed by atoms with Gasteiger partial charge >= 0.3 is 0 Å². The largest absolute Gasteiger partial charge is 0.379 e. The topological polar surface area (TPSA) is 119 Å². The molecule has 0 bridgehead atoms. The van der Waals surface area contributed by atoms with E-state index >= 15 is 0 Å². The Hall–Kier alpha value is -2.86. The molecule has 0 atom stereocenters. The summed E-state index contributed by atoms with van der Waals surface area (Å²) in [6.45, 7) is 2.85. The molecule has 32 heavy (non-hydrogen) atoms. The molecule has 12 heteroatoms. The molecule has 1 aliphatic heterocycles. The van der Waals surface area contributed by atoms with Gasteiger partial charge in [-0.2, -0.15) is 9.10 Å². The number of sulfonamides is 1. The highest BCUT2D eigenvalue weighted by Gasteiger charge is 2.28. The lowest BCUT2D eigenvalue weighted by atomic mass is 10.2. The summed E-state index contributed by atoms with van der Waals surface area (Å²) in [5.74, 6) is -0.0488. The molecule has 2 heterocycles. The van der Waals surface area contributed by atoms with Gasteiger partial charge in [-0.25, -0.2) is 8.42 Å². The van der Waals surface area contributed by atoms with E-state index in [9.17, 15) is 13.2 Å². The van der Waals surface area contributed by atoms with Crippen LogP contribution < -0.4 is 5.32 Å². The Labute approximate surface area is 190 Å². The van der Waals surface area contributed by atoms with Crippen molar-refractivity contribution in [2.75, 3.05) is 31.6 Å². The molecule has 1 fully saturated rings. The fourth-order valence-electron chi connectivity index (χ4n) is 3.24. The molecule has 1 aliphatic rings. The number of benzene rings is 2. The van der Waals surface area contributed by atoms with Gasteiger partial charge in [0.25, 0.3) is 0 Å². The van der Waals surface area contributed by atoms with Gasteiger partial charge in [0, 0.05) is 29.4 Å². The van der Waals surface area contributed by atoms with Gasteiger partial charge < -0.3 is 10.1 Å². The number of aromatic nitrogens is 4. The first-order chi connectivity index (χ1) is 15.3. The number of ether oxygens (including phenoxy) is 1. The SMILES string of the molecule is Cc1ccc(NC(=O)Cn2nnc(-c3ccc(Cl)cc3)n2)cc1S(=O)(=O)N1CCOCC1. The van der Waals surface area contributed by atoms with E-state index in [1.165, 1.54) is 15.2 Å². The molecule has 0 saturated carbocycles. The average Bonchev–Trinajstić information content (AvgIpc) is 3.24. The van der Waals surface area contributed by atoms with E-state index in [1.54, 1.807) is 43.3 Å². The first-order valence-corrected chi connectivity index (χ1v) is 11.7. The second-order valence-corrected chi connectivity index (χ2v) is 9.54. The van der Waals surface area contributed by atoms with Gasteiger partial charge in [-0.15, -0.1) is 10.2 Å². The highest BCUT2D eigenvalue weighted by Crippen LogP contribution is 2.24. The minimum atomic E-state index is -3.69. The van der Waals surface area contributed by atoms with E-state index in [2.05, 4.69) is 20.7 Å². The van der Waals surface area contributed by atoms with Gasteiger partial charge in [0.15, 0.2) is 0 Å². The lowest BCUT2D eigenvalue weighted by Crippen LogP contribution is -2.40. The number of halogens is 1. The van der Waals surface area contributed by atoms with Crippen molar-refractivity contribution in [3.05, 3.63) is 53.1 Å². The predicted octanol–water partition coefficient (Wildman–Crippen LogP) is 1.96. The molecule has 1 aromatic heterocycles. The summed E-state index contributed by atoms with van der Waals surface area (Å²) < 4.78 is 32.7. The smallest absolute Gasteiger partial charge is 0.248 e. The number of nitrogens with one attached hydrogen (secondary N) is 1. The van der Waals surface area contributed by atoms with Crippen LogP contribution in [0.2, 0.25) is 5.02 Å². The zero-order valence-corrected chi connectivity index (χ0v) is 18.8. The maximum Gasteiger partial charge on any atom is 0.248 e. The number of rotatable bonds is 6. The van der Waals surface area contributed by atoms with Crippen LogP contribution >= 0.6 is 11.6 Å². The molecule has 0 unspecified atom stereocenters. The molecule has 2 aromatic carbocycles. The van der Waals surface area contributed by atoms with E-state index in [0.717, 1.165) is 5.56 Å². The van der Waals surface area contributed by atoms with Crippen molar-refractivity contribution in [3.8, 4) is 11.4 Å². The molecule has 1 saturated heterocycles. The Morgan fingerprint density at radius 1 is 1.16 bits per heavy atom. The Morgan fingerprint density at radius 2 is 1.88 bits per heavy atom. The molecule has 3 aromatic rings. The predicted molar refractivity (Wildman–Crippen MR) is 118 cm³/mol. The number of aryl methyl sites for hydroxylation is 1. The highest BCUT2D eigenvalue weighted by atomic mass is 35.5. The van der Waals surface area contributed by atoms with Gasteiger partial charge in [-0.3, -0.25) is 4.79 Å². The summed E-state index contributed by atoms with van der Waals surface area (Å²) in [6.07, 6.45) is 0. The van der Waals surface area contributed by atoms with Gasteiger partial charge in [0.2, 0.25) is 21.8 Å². The maximum atomic E-state index is 13.0. The van der Waals surface area contributed by atoms with Crippen LogP contribution in [0.3, 0.4) is 0 Å². The van der Waals surface area contributed by atoms with E-state index < -0.39 is 15.9 Å². The highest BCUT2D eigenvalue weighted by molar-refractivity contribution is 7.89. The molecular weight excluding hydrogens is 456 g/mol. The Bertz CT molecular complexity index is 1220.